The molecular weight excluding hydrogens is 254 g/mol. The first-order valence-corrected chi connectivity index (χ1v) is 6.04. The lowest BCUT2D eigenvalue weighted by molar-refractivity contribution is 0.154. The van der Waals surface area contributed by atoms with Crippen molar-refractivity contribution in [3.8, 4) is 0 Å². The number of rotatable bonds is 6. The molecule has 0 fully saturated rings. The van der Waals surface area contributed by atoms with Gasteiger partial charge >= 0.3 is 0 Å². The Labute approximate surface area is 112 Å². The topological polar surface area (TPSA) is 71.1 Å². The highest BCUT2D eigenvalue weighted by Crippen LogP contribution is 2.23. The molecule has 0 heterocycles. The van der Waals surface area contributed by atoms with E-state index in [1.54, 1.807) is 12.1 Å². The Kier molecular flexibility index (Phi) is 5.74. The highest BCUT2D eigenvalue weighted by molar-refractivity contribution is 6.31. The lowest BCUT2D eigenvalue weighted by atomic mass is 10.1. The minimum atomic E-state index is 0.0377. The summed E-state index contributed by atoms with van der Waals surface area (Å²) in [5.74, 6) is 0.0377. The number of nitrogens with two attached hydrogens (primary N) is 1. The van der Waals surface area contributed by atoms with Gasteiger partial charge in [-0.2, -0.15) is 0 Å². The third-order valence-corrected chi connectivity index (χ3v) is 2.76. The monoisotopic (exact) mass is 271 g/mol. The van der Waals surface area contributed by atoms with E-state index < -0.39 is 0 Å². The summed E-state index contributed by atoms with van der Waals surface area (Å²) >= 11 is 5.91. The summed E-state index contributed by atoms with van der Waals surface area (Å²) in [7, 11) is 1.91. The summed E-state index contributed by atoms with van der Waals surface area (Å²) in [6.07, 6.45) is 0. The van der Waals surface area contributed by atoms with Crippen LogP contribution >= 0.6 is 11.6 Å². The maximum absolute atomic E-state index is 8.78. The summed E-state index contributed by atoms with van der Waals surface area (Å²) in [5.41, 5.74) is 7.08. The molecule has 0 aliphatic rings. The predicted molar refractivity (Wildman–Crippen MR) is 73.7 cm³/mol. The summed E-state index contributed by atoms with van der Waals surface area (Å²) in [5, 5.41) is 12.3. The molecule has 0 spiro atoms. The smallest absolute Gasteiger partial charge is 0.172 e. The molecule has 100 valence electrons. The van der Waals surface area contributed by atoms with Crippen LogP contribution in [0.2, 0.25) is 5.02 Å². The fourth-order valence-corrected chi connectivity index (χ4v) is 1.74. The van der Waals surface area contributed by atoms with Crippen molar-refractivity contribution >= 4 is 23.1 Å². The first-order chi connectivity index (χ1) is 8.60. The van der Waals surface area contributed by atoms with E-state index in [4.69, 9.17) is 27.3 Å². The Hall–Kier alpha value is -1.46. The van der Waals surface area contributed by atoms with Gasteiger partial charge in [0.1, 0.15) is 0 Å². The van der Waals surface area contributed by atoms with E-state index in [1.807, 2.05) is 24.9 Å². The molecule has 0 aromatic heterocycles. The van der Waals surface area contributed by atoms with Crippen molar-refractivity contribution in [2.45, 2.75) is 6.92 Å². The van der Waals surface area contributed by atoms with Crippen molar-refractivity contribution in [3.05, 3.63) is 28.8 Å². The van der Waals surface area contributed by atoms with Crippen LogP contribution in [0.3, 0.4) is 0 Å². The number of hydrogen-bond donors (Lipinski definition) is 2. The molecule has 18 heavy (non-hydrogen) atoms. The standard InChI is InChI=1S/C12H18ClN3O2/c1-3-18-7-6-16(2)11-5-4-9(13)8-10(11)12(14)15-17/h4-5,8,17H,3,6-7H2,1-2H3,(H2,14,15). The number of benzene rings is 1. The molecular formula is C12H18ClN3O2. The summed E-state index contributed by atoms with van der Waals surface area (Å²) in [4.78, 5) is 1.97. The van der Waals surface area contributed by atoms with Gasteiger partial charge in [-0.15, -0.1) is 0 Å². The molecule has 0 amide bonds. The molecule has 0 unspecified atom stereocenters. The van der Waals surface area contributed by atoms with E-state index in [9.17, 15) is 0 Å². The second-order valence-electron chi connectivity index (χ2n) is 3.77. The fraction of sp³-hybridized carbons (Fsp3) is 0.417. The molecule has 3 N–H and O–H groups in total. The number of hydrogen-bond acceptors (Lipinski definition) is 4. The van der Waals surface area contributed by atoms with Gasteiger partial charge in [0.15, 0.2) is 5.84 Å². The third-order valence-electron chi connectivity index (χ3n) is 2.53. The van der Waals surface area contributed by atoms with Crippen molar-refractivity contribution in [3.63, 3.8) is 0 Å². The quantitative estimate of drug-likeness (QED) is 0.273. The zero-order valence-electron chi connectivity index (χ0n) is 10.6. The van der Waals surface area contributed by atoms with Crippen molar-refractivity contribution in [2.24, 2.45) is 10.9 Å². The average Bonchev–Trinajstić information content (AvgIpc) is 2.37. The Morgan fingerprint density at radius 1 is 1.56 bits per heavy atom. The SMILES string of the molecule is CCOCCN(C)c1ccc(Cl)cc1/C(N)=N/O. The molecule has 0 saturated carbocycles. The van der Waals surface area contributed by atoms with Crippen LogP contribution in [0.25, 0.3) is 0 Å². The number of nitrogens with zero attached hydrogens (tertiary/aromatic N) is 2. The van der Waals surface area contributed by atoms with Gasteiger partial charge in [-0.25, -0.2) is 0 Å². The molecule has 1 rings (SSSR count). The largest absolute Gasteiger partial charge is 0.409 e. The average molecular weight is 272 g/mol. The number of anilines is 1. The maximum atomic E-state index is 8.78. The second-order valence-corrected chi connectivity index (χ2v) is 4.20. The molecule has 0 saturated heterocycles. The maximum Gasteiger partial charge on any atom is 0.172 e. The number of halogens is 1. The Balaban J connectivity index is 2.93. The van der Waals surface area contributed by atoms with Gasteiger partial charge in [0, 0.05) is 36.5 Å². The van der Waals surface area contributed by atoms with Crippen molar-refractivity contribution in [2.75, 3.05) is 31.7 Å². The van der Waals surface area contributed by atoms with Crippen molar-refractivity contribution in [1.29, 1.82) is 0 Å². The van der Waals surface area contributed by atoms with Crippen molar-refractivity contribution in [1.82, 2.24) is 0 Å². The molecule has 1 aromatic rings. The second kappa shape index (κ2) is 7.08. The van der Waals surface area contributed by atoms with E-state index in [-0.39, 0.29) is 5.84 Å². The van der Waals surface area contributed by atoms with E-state index in [0.29, 0.717) is 30.3 Å². The number of amidine groups is 1. The Morgan fingerprint density at radius 3 is 2.89 bits per heavy atom. The van der Waals surface area contributed by atoms with Crippen LogP contribution < -0.4 is 10.6 Å². The van der Waals surface area contributed by atoms with Gasteiger partial charge < -0.3 is 20.6 Å². The predicted octanol–water partition coefficient (Wildman–Crippen LogP) is 1.91. The lowest BCUT2D eigenvalue weighted by Crippen LogP contribution is -2.26. The normalized spacial score (nSPS) is 11.6. The van der Waals surface area contributed by atoms with E-state index in [1.165, 1.54) is 0 Å². The van der Waals surface area contributed by atoms with Crippen molar-refractivity contribution < 1.29 is 9.94 Å². The van der Waals surface area contributed by atoms with Gasteiger partial charge in [-0.1, -0.05) is 16.8 Å². The first kappa shape index (κ1) is 14.6. The molecule has 6 heteroatoms. The number of oxime groups is 1. The molecule has 0 aliphatic heterocycles. The first-order valence-electron chi connectivity index (χ1n) is 5.66. The van der Waals surface area contributed by atoms with E-state index in [0.717, 1.165) is 5.69 Å². The van der Waals surface area contributed by atoms with Gasteiger partial charge in [0.05, 0.1) is 6.61 Å². The molecule has 0 radical (unpaired) electrons. The molecule has 0 aliphatic carbocycles. The van der Waals surface area contributed by atoms with Crippen LogP contribution in [0.4, 0.5) is 5.69 Å². The molecule has 0 bridgehead atoms. The summed E-state index contributed by atoms with van der Waals surface area (Å²) in [6, 6.07) is 5.27. The van der Waals surface area contributed by atoms with Gasteiger partial charge in [-0.05, 0) is 25.1 Å². The van der Waals surface area contributed by atoms with Crippen LogP contribution in [0, 0.1) is 0 Å². The molecule has 0 atom stereocenters. The minimum absolute atomic E-state index is 0.0377. The van der Waals surface area contributed by atoms with Crippen LogP contribution in [0.5, 0.6) is 0 Å². The van der Waals surface area contributed by atoms with Crippen LogP contribution in [-0.2, 0) is 4.74 Å². The van der Waals surface area contributed by atoms with E-state index >= 15 is 0 Å². The van der Waals surface area contributed by atoms with Crippen LogP contribution in [0.1, 0.15) is 12.5 Å². The molecule has 1 aromatic carbocycles. The summed E-state index contributed by atoms with van der Waals surface area (Å²) < 4.78 is 5.30. The minimum Gasteiger partial charge on any atom is -0.409 e. The zero-order valence-corrected chi connectivity index (χ0v) is 11.3. The van der Waals surface area contributed by atoms with Gasteiger partial charge in [0.2, 0.25) is 0 Å². The number of ether oxygens (including phenoxy) is 1. The zero-order chi connectivity index (χ0) is 13.5. The molecule has 5 nitrogen and oxygen atoms in total. The Bertz CT molecular complexity index is 424. The van der Waals surface area contributed by atoms with Crippen LogP contribution in [0.15, 0.2) is 23.4 Å². The lowest BCUT2D eigenvalue weighted by Gasteiger charge is -2.22. The third kappa shape index (κ3) is 3.78. The fourth-order valence-electron chi connectivity index (χ4n) is 1.57. The summed E-state index contributed by atoms with van der Waals surface area (Å²) in [6.45, 7) is 3.96. The van der Waals surface area contributed by atoms with Gasteiger partial charge in [0.25, 0.3) is 0 Å². The highest BCUT2D eigenvalue weighted by atomic mass is 35.5. The van der Waals surface area contributed by atoms with E-state index in [2.05, 4.69) is 5.16 Å². The highest BCUT2D eigenvalue weighted by Gasteiger charge is 2.11. The van der Waals surface area contributed by atoms with Gasteiger partial charge in [-0.3, -0.25) is 0 Å². The number of likely N-dealkylation sites (N-methyl/N-ethyl adjacent to an activating group) is 1. The Morgan fingerprint density at radius 2 is 2.28 bits per heavy atom. The van der Waals surface area contributed by atoms with Crippen LogP contribution in [-0.4, -0.2) is 37.8 Å².